The fourth-order valence-electron chi connectivity index (χ4n) is 4.38. The predicted molar refractivity (Wildman–Crippen MR) is 135 cm³/mol. The molecule has 2 heterocycles. The maximum absolute atomic E-state index is 15.2. The average molecular weight is 491 g/mol. The maximum Gasteiger partial charge on any atom is 0.323 e. The third-order valence-corrected chi connectivity index (χ3v) is 6.07. The van der Waals surface area contributed by atoms with Gasteiger partial charge in [-0.3, -0.25) is 5.32 Å². The van der Waals surface area contributed by atoms with Crippen molar-refractivity contribution in [3.8, 4) is 22.5 Å². The minimum atomic E-state index is -0.903. The molecule has 0 radical (unpaired) electrons. The van der Waals surface area contributed by atoms with Crippen LogP contribution in [0.1, 0.15) is 23.0 Å². The molecule has 6 N–H and O–H groups in total. The molecule has 3 aromatic carbocycles. The van der Waals surface area contributed by atoms with Crippen LogP contribution in [0.25, 0.3) is 22.5 Å². The number of urea groups is 1. The van der Waals surface area contributed by atoms with Gasteiger partial charge in [0, 0.05) is 53.5 Å². The van der Waals surface area contributed by atoms with Crippen molar-refractivity contribution in [2.75, 3.05) is 23.0 Å². The molecule has 1 aliphatic rings. The maximum atomic E-state index is 15.2. The van der Waals surface area contributed by atoms with E-state index in [1.54, 1.807) is 43.6 Å². The third kappa shape index (κ3) is 4.39. The highest BCUT2D eigenvalue weighted by atomic mass is 19.1. The van der Waals surface area contributed by atoms with E-state index in [-0.39, 0.29) is 11.4 Å². The van der Waals surface area contributed by atoms with E-state index in [1.807, 2.05) is 6.92 Å². The van der Waals surface area contributed by atoms with Crippen LogP contribution in [0.5, 0.6) is 0 Å². The number of hydrogen-bond acceptors (Lipinski definition) is 5. The number of nitrogens with one attached hydrogen (secondary N) is 5. The fourth-order valence-corrected chi connectivity index (χ4v) is 4.38. The Hall–Kier alpha value is -4.28. The van der Waals surface area contributed by atoms with E-state index in [0.717, 1.165) is 16.8 Å². The molecule has 10 heteroatoms. The van der Waals surface area contributed by atoms with E-state index >= 15 is 4.39 Å². The summed E-state index contributed by atoms with van der Waals surface area (Å²) in [6.07, 6.45) is 0.805. The molecule has 0 bridgehead atoms. The molecule has 0 saturated heterocycles. The lowest BCUT2D eigenvalue weighted by Crippen LogP contribution is -2.19. The van der Waals surface area contributed by atoms with Gasteiger partial charge >= 0.3 is 6.03 Å². The largest absolute Gasteiger partial charge is 0.386 e. The van der Waals surface area contributed by atoms with Crippen molar-refractivity contribution in [2.24, 2.45) is 0 Å². The second kappa shape index (κ2) is 9.40. The molecule has 1 unspecified atom stereocenters. The Morgan fingerprint density at radius 2 is 1.67 bits per heavy atom. The van der Waals surface area contributed by atoms with Crippen molar-refractivity contribution < 1.29 is 18.7 Å². The van der Waals surface area contributed by atoms with Crippen molar-refractivity contribution in [3.05, 3.63) is 83.2 Å². The molecule has 5 rings (SSSR count). The molecule has 2 amide bonds. The monoisotopic (exact) mass is 490 g/mol. The molecular weight excluding hydrogens is 466 g/mol. The van der Waals surface area contributed by atoms with Gasteiger partial charge in [0.15, 0.2) is 0 Å². The van der Waals surface area contributed by atoms with Gasteiger partial charge in [0.1, 0.15) is 23.7 Å². The lowest BCUT2D eigenvalue weighted by atomic mass is 9.92. The zero-order valence-electron chi connectivity index (χ0n) is 19.5. The lowest BCUT2D eigenvalue weighted by Gasteiger charge is -2.15. The third-order valence-electron chi connectivity index (χ3n) is 6.07. The van der Waals surface area contributed by atoms with Crippen LogP contribution < -0.4 is 21.3 Å². The number of hydrogen-bond donors (Lipinski definition) is 6. The van der Waals surface area contributed by atoms with Crippen LogP contribution in [0.15, 0.2) is 54.7 Å². The van der Waals surface area contributed by atoms with Gasteiger partial charge in [0.25, 0.3) is 0 Å². The van der Waals surface area contributed by atoms with Crippen LogP contribution in [0, 0.1) is 18.6 Å². The average Bonchev–Trinajstić information content (AvgIpc) is 3.45. The lowest BCUT2D eigenvalue weighted by molar-refractivity contribution is 0.152. The van der Waals surface area contributed by atoms with E-state index in [1.165, 1.54) is 18.2 Å². The zero-order valence-corrected chi connectivity index (χ0v) is 19.5. The van der Waals surface area contributed by atoms with Gasteiger partial charge in [-0.05, 0) is 54.4 Å². The summed E-state index contributed by atoms with van der Waals surface area (Å²) in [5.41, 5.74) is 4.83. The number of anilines is 3. The van der Waals surface area contributed by atoms with Gasteiger partial charge in [-0.1, -0.05) is 12.1 Å². The normalized spacial score (nSPS) is 14.4. The number of benzene rings is 3. The number of aliphatic hydroxyl groups is 1. The molecule has 0 spiro atoms. The van der Waals surface area contributed by atoms with Gasteiger partial charge in [0.2, 0.25) is 0 Å². The van der Waals surface area contributed by atoms with Crippen LogP contribution in [0.4, 0.5) is 30.6 Å². The Balaban J connectivity index is 1.39. The second-order valence-corrected chi connectivity index (χ2v) is 8.47. The zero-order chi connectivity index (χ0) is 25.4. The van der Waals surface area contributed by atoms with Gasteiger partial charge in [0.05, 0.1) is 5.69 Å². The van der Waals surface area contributed by atoms with Crippen LogP contribution in [0.3, 0.4) is 0 Å². The molecule has 0 aliphatic carbocycles. The molecular formula is C26H24F2N6O2. The number of rotatable bonds is 5. The van der Waals surface area contributed by atoms with Gasteiger partial charge in [-0.2, -0.15) is 0 Å². The summed E-state index contributed by atoms with van der Waals surface area (Å²) in [4.78, 5) is 19.9. The Morgan fingerprint density at radius 1 is 1.00 bits per heavy atom. The van der Waals surface area contributed by atoms with Crippen LogP contribution in [-0.2, 0) is 6.54 Å². The molecule has 4 aromatic rings. The summed E-state index contributed by atoms with van der Waals surface area (Å²) in [6.45, 7) is 2.26. The van der Waals surface area contributed by atoms with E-state index in [0.29, 0.717) is 34.7 Å². The molecule has 1 atom stereocenters. The second-order valence-electron chi connectivity index (χ2n) is 8.47. The van der Waals surface area contributed by atoms with E-state index in [2.05, 4.69) is 31.2 Å². The highest BCUT2D eigenvalue weighted by molar-refractivity contribution is 6.00. The molecule has 36 heavy (non-hydrogen) atoms. The number of aryl methyl sites for hydroxylation is 1. The Kier molecular flexibility index (Phi) is 6.13. The number of carbonyl (C=O) groups excluding carboxylic acids is 1. The number of nitrogens with zero attached hydrogens (tertiary/aromatic N) is 1. The molecule has 0 saturated carbocycles. The van der Waals surface area contributed by atoms with Crippen molar-refractivity contribution >= 4 is 23.1 Å². The number of aliphatic hydroxyl groups excluding tert-OH is 1. The van der Waals surface area contributed by atoms with E-state index < -0.39 is 23.9 Å². The minimum absolute atomic E-state index is 0.235. The number of halogens is 2. The fraction of sp³-hybridized carbons (Fsp3) is 0.154. The number of amides is 2. The van der Waals surface area contributed by atoms with Gasteiger partial charge in [-0.15, -0.1) is 0 Å². The van der Waals surface area contributed by atoms with Crippen molar-refractivity contribution in [2.45, 2.75) is 19.7 Å². The highest BCUT2D eigenvalue weighted by Gasteiger charge is 2.28. The number of imidazole rings is 1. The number of fused-ring (bicyclic) bond motifs is 1. The van der Waals surface area contributed by atoms with Crippen molar-refractivity contribution in [1.29, 1.82) is 0 Å². The Morgan fingerprint density at radius 3 is 2.31 bits per heavy atom. The summed E-state index contributed by atoms with van der Waals surface area (Å²) in [6, 6.07) is 11.6. The van der Waals surface area contributed by atoms with Gasteiger partial charge in [-0.25, -0.2) is 18.6 Å². The van der Waals surface area contributed by atoms with E-state index in [9.17, 15) is 14.3 Å². The van der Waals surface area contributed by atoms with Gasteiger partial charge < -0.3 is 26.0 Å². The number of aromatic nitrogens is 2. The molecule has 184 valence electrons. The predicted octanol–water partition coefficient (Wildman–Crippen LogP) is 5.11. The molecule has 1 aliphatic heterocycles. The highest BCUT2D eigenvalue weighted by Crippen LogP contribution is 2.40. The van der Waals surface area contributed by atoms with Crippen LogP contribution >= 0.6 is 0 Å². The number of aromatic amines is 1. The Bertz CT molecular complexity index is 1470. The molecule has 1 aromatic heterocycles. The summed E-state index contributed by atoms with van der Waals surface area (Å²) < 4.78 is 29.1. The number of H-pyrrole nitrogens is 1. The standard InChI is InChI=1S/C26H24F2N6O2/c1-13-11-30-24(32-13)18-7-6-16(19-12-31-25(35)23(18)19)17-5-3-14(9-20(17)27)33-26(36)34-15-4-8-22(29-2)21(28)10-15/h3-11,25,29,31,35H,12H2,1-2H3,(H,30,32)(H2,33,34,36). The smallest absolute Gasteiger partial charge is 0.323 e. The SMILES string of the molecule is CNc1ccc(NC(=O)Nc2ccc(-c3ccc(-c4ncc(C)[nH]4)c4c3CNC4O)c(F)c2)cc1F. The van der Waals surface area contributed by atoms with Crippen LogP contribution in [0.2, 0.25) is 0 Å². The summed E-state index contributed by atoms with van der Waals surface area (Å²) in [7, 11) is 1.59. The molecule has 0 fully saturated rings. The first-order valence-corrected chi connectivity index (χ1v) is 11.3. The van der Waals surface area contributed by atoms with E-state index in [4.69, 9.17) is 0 Å². The summed E-state index contributed by atoms with van der Waals surface area (Å²) >= 11 is 0. The summed E-state index contributed by atoms with van der Waals surface area (Å²) in [5, 5.41) is 21.3. The Labute approximate surface area is 205 Å². The first-order valence-electron chi connectivity index (χ1n) is 11.3. The van der Waals surface area contributed by atoms with Crippen LogP contribution in [-0.4, -0.2) is 28.2 Å². The summed E-state index contributed by atoms with van der Waals surface area (Å²) in [5.74, 6) is -0.419. The molecule has 8 nitrogen and oxygen atoms in total. The topological polar surface area (TPSA) is 114 Å². The van der Waals surface area contributed by atoms with Crippen molar-refractivity contribution in [1.82, 2.24) is 15.3 Å². The van der Waals surface area contributed by atoms with Crippen molar-refractivity contribution in [3.63, 3.8) is 0 Å². The quantitative estimate of drug-likeness (QED) is 0.233. The first-order chi connectivity index (χ1) is 17.3. The first kappa shape index (κ1) is 23.5. The number of carbonyl (C=O) groups is 1. The minimum Gasteiger partial charge on any atom is -0.386 e.